The van der Waals surface area contributed by atoms with Gasteiger partial charge < -0.3 is 0 Å². The van der Waals surface area contributed by atoms with Crippen molar-refractivity contribution in [2.75, 3.05) is 11.5 Å². The molecule has 0 rings (SSSR count). The topological polar surface area (TPSA) is 0 Å². The molecule has 0 aromatic carbocycles. The van der Waals surface area contributed by atoms with E-state index in [1.54, 1.807) is 0 Å². The second-order valence-electron chi connectivity index (χ2n) is 5.30. The monoisotopic (exact) mass is 282 g/mol. The Balaban J connectivity index is 2.91. The Morgan fingerprint density at radius 1 is 0.526 bits per heavy atom. The molecule has 112 valence electrons. The fourth-order valence-corrected chi connectivity index (χ4v) is 3.17. The lowest BCUT2D eigenvalue weighted by Gasteiger charge is -2.02. The van der Waals surface area contributed by atoms with E-state index >= 15 is 0 Å². The molecule has 0 atom stereocenters. The predicted molar refractivity (Wildman–Crippen MR) is 93.1 cm³/mol. The van der Waals surface area contributed by atoms with Gasteiger partial charge in [-0.05, 0) is 50.0 Å². The number of hydrogen-bond acceptors (Lipinski definition) is 1. The molecule has 0 amide bonds. The lowest BCUT2D eigenvalue weighted by molar-refractivity contribution is 0.636. The molecule has 19 heavy (non-hydrogen) atoms. The minimum absolute atomic E-state index is 1.20. The number of thioether (sulfide) groups is 1. The molecular formula is C18H34S. The van der Waals surface area contributed by atoms with E-state index in [4.69, 9.17) is 0 Å². The molecule has 0 fully saturated rings. The van der Waals surface area contributed by atoms with Crippen molar-refractivity contribution >= 4 is 11.8 Å². The first-order chi connectivity index (χ1) is 9.41. The van der Waals surface area contributed by atoms with Gasteiger partial charge in [-0.25, -0.2) is 0 Å². The van der Waals surface area contributed by atoms with Crippen molar-refractivity contribution in [2.45, 2.75) is 77.0 Å². The van der Waals surface area contributed by atoms with Gasteiger partial charge in [-0.2, -0.15) is 11.8 Å². The van der Waals surface area contributed by atoms with Crippen molar-refractivity contribution in [2.24, 2.45) is 0 Å². The highest BCUT2D eigenvalue weighted by Gasteiger charge is 1.93. The molecule has 0 nitrogen and oxygen atoms in total. The van der Waals surface area contributed by atoms with E-state index < -0.39 is 0 Å². The Labute approximate surface area is 126 Å². The maximum Gasteiger partial charge on any atom is -0.00675 e. The summed E-state index contributed by atoms with van der Waals surface area (Å²) < 4.78 is 0. The van der Waals surface area contributed by atoms with Crippen molar-refractivity contribution < 1.29 is 0 Å². The number of allylic oxidation sites excluding steroid dienone is 2. The molecule has 0 aromatic rings. The summed E-state index contributed by atoms with van der Waals surface area (Å²) in [6.07, 6.45) is 20.4. The third-order valence-corrected chi connectivity index (χ3v) is 4.55. The van der Waals surface area contributed by atoms with Crippen LogP contribution < -0.4 is 0 Å². The summed E-state index contributed by atoms with van der Waals surface area (Å²) in [6, 6.07) is 0. The van der Waals surface area contributed by atoms with Crippen LogP contribution in [-0.2, 0) is 0 Å². The van der Waals surface area contributed by atoms with Gasteiger partial charge in [0.15, 0.2) is 0 Å². The van der Waals surface area contributed by atoms with Gasteiger partial charge in [0.05, 0.1) is 0 Å². The Morgan fingerprint density at radius 3 is 1.32 bits per heavy atom. The van der Waals surface area contributed by atoms with Crippen molar-refractivity contribution in [3.8, 4) is 0 Å². The van der Waals surface area contributed by atoms with E-state index in [0.717, 1.165) is 0 Å². The molecule has 0 bridgehead atoms. The van der Waals surface area contributed by atoms with Gasteiger partial charge in [0.1, 0.15) is 0 Å². The van der Waals surface area contributed by atoms with Crippen LogP contribution in [0.25, 0.3) is 0 Å². The zero-order valence-corrected chi connectivity index (χ0v) is 13.7. The summed E-state index contributed by atoms with van der Waals surface area (Å²) in [5, 5.41) is 0. The van der Waals surface area contributed by atoms with Crippen molar-refractivity contribution in [3.63, 3.8) is 0 Å². The third-order valence-electron chi connectivity index (χ3n) is 3.39. The second kappa shape index (κ2) is 17.8. The van der Waals surface area contributed by atoms with Gasteiger partial charge in [0.2, 0.25) is 0 Å². The highest BCUT2D eigenvalue weighted by Crippen LogP contribution is 2.13. The minimum Gasteiger partial charge on any atom is -0.162 e. The van der Waals surface area contributed by atoms with Crippen LogP contribution in [0.1, 0.15) is 77.0 Å². The van der Waals surface area contributed by atoms with Crippen molar-refractivity contribution in [1.82, 2.24) is 0 Å². The Kier molecular flexibility index (Phi) is 17.7. The van der Waals surface area contributed by atoms with Gasteiger partial charge in [-0.1, -0.05) is 50.7 Å². The smallest absolute Gasteiger partial charge is 0.00675 e. The molecule has 0 heterocycles. The molecule has 0 unspecified atom stereocenters. The van der Waals surface area contributed by atoms with Crippen molar-refractivity contribution in [1.29, 1.82) is 0 Å². The third kappa shape index (κ3) is 17.8. The van der Waals surface area contributed by atoms with E-state index in [1.807, 2.05) is 12.2 Å². The first-order valence-corrected chi connectivity index (χ1v) is 9.37. The lowest BCUT2D eigenvalue weighted by atomic mass is 10.1. The lowest BCUT2D eigenvalue weighted by Crippen LogP contribution is -1.86. The fourth-order valence-electron chi connectivity index (χ4n) is 2.15. The second-order valence-corrected chi connectivity index (χ2v) is 6.53. The molecule has 1 heteroatoms. The molecule has 0 saturated heterocycles. The van der Waals surface area contributed by atoms with E-state index in [0.29, 0.717) is 0 Å². The Hall–Kier alpha value is -0.170. The molecule has 0 radical (unpaired) electrons. The Bertz CT molecular complexity index is 166. The molecule has 0 aliphatic heterocycles. The maximum absolute atomic E-state index is 3.76. The Morgan fingerprint density at radius 2 is 0.895 bits per heavy atom. The zero-order chi connectivity index (χ0) is 14.0. The van der Waals surface area contributed by atoms with Gasteiger partial charge in [0.25, 0.3) is 0 Å². The van der Waals surface area contributed by atoms with Crippen LogP contribution in [0.5, 0.6) is 0 Å². The SMILES string of the molecule is C=CCCCCCCCSCCCCCCCC=C. The molecule has 0 aromatic heterocycles. The standard InChI is InChI=1S/C18H34S/c1-3-5-7-9-11-13-15-17-19-18-16-14-12-10-8-6-4-2/h3-4H,1-2,5-18H2. The highest BCUT2D eigenvalue weighted by atomic mass is 32.2. The average Bonchev–Trinajstić information content (AvgIpc) is 2.43. The summed E-state index contributed by atoms with van der Waals surface area (Å²) in [5.41, 5.74) is 0. The fraction of sp³-hybridized carbons (Fsp3) is 0.778. The molecule has 0 aliphatic rings. The molecular weight excluding hydrogens is 248 g/mol. The van der Waals surface area contributed by atoms with E-state index in [9.17, 15) is 0 Å². The molecule has 0 saturated carbocycles. The van der Waals surface area contributed by atoms with E-state index in [1.165, 1.54) is 88.6 Å². The van der Waals surface area contributed by atoms with Gasteiger partial charge in [-0.15, -0.1) is 13.2 Å². The molecule has 0 aliphatic carbocycles. The van der Waals surface area contributed by atoms with Crippen LogP contribution in [0.3, 0.4) is 0 Å². The predicted octanol–water partition coefficient (Wildman–Crippen LogP) is 6.77. The van der Waals surface area contributed by atoms with Gasteiger partial charge in [0, 0.05) is 0 Å². The molecule has 0 N–H and O–H groups in total. The van der Waals surface area contributed by atoms with Crippen LogP contribution in [0, 0.1) is 0 Å². The molecule has 0 spiro atoms. The largest absolute Gasteiger partial charge is 0.162 e. The van der Waals surface area contributed by atoms with Gasteiger partial charge >= 0.3 is 0 Å². The quantitative estimate of drug-likeness (QED) is 0.222. The summed E-state index contributed by atoms with van der Waals surface area (Å²) >= 11 is 2.16. The van der Waals surface area contributed by atoms with Crippen LogP contribution in [0.2, 0.25) is 0 Å². The maximum atomic E-state index is 3.76. The van der Waals surface area contributed by atoms with E-state index in [2.05, 4.69) is 24.9 Å². The van der Waals surface area contributed by atoms with E-state index in [-0.39, 0.29) is 0 Å². The first-order valence-electron chi connectivity index (χ1n) is 8.21. The summed E-state index contributed by atoms with van der Waals surface area (Å²) in [4.78, 5) is 0. The van der Waals surface area contributed by atoms with Crippen LogP contribution in [0.4, 0.5) is 0 Å². The zero-order valence-electron chi connectivity index (χ0n) is 12.9. The average molecular weight is 283 g/mol. The highest BCUT2D eigenvalue weighted by molar-refractivity contribution is 7.99. The first kappa shape index (κ1) is 18.8. The van der Waals surface area contributed by atoms with Crippen molar-refractivity contribution in [3.05, 3.63) is 25.3 Å². The van der Waals surface area contributed by atoms with Crippen LogP contribution in [0.15, 0.2) is 25.3 Å². The summed E-state index contributed by atoms with van der Waals surface area (Å²) in [6.45, 7) is 7.51. The number of rotatable bonds is 16. The van der Waals surface area contributed by atoms with Crippen LogP contribution in [-0.4, -0.2) is 11.5 Å². The minimum atomic E-state index is 1.20. The van der Waals surface area contributed by atoms with Gasteiger partial charge in [-0.3, -0.25) is 0 Å². The number of hydrogen-bond donors (Lipinski definition) is 0. The summed E-state index contributed by atoms with van der Waals surface area (Å²) in [5.74, 6) is 2.75. The summed E-state index contributed by atoms with van der Waals surface area (Å²) in [7, 11) is 0. The number of unbranched alkanes of at least 4 members (excludes halogenated alkanes) is 10. The van der Waals surface area contributed by atoms with Crippen LogP contribution >= 0.6 is 11.8 Å². The normalized spacial score (nSPS) is 10.5.